The quantitative estimate of drug-likeness (QED) is 0.893. The maximum absolute atomic E-state index is 9.04. The number of anilines is 1. The number of aromatic nitrogens is 2. The van der Waals surface area contributed by atoms with E-state index in [0.29, 0.717) is 11.7 Å². The van der Waals surface area contributed by atoms with Crippen molar-refractivity contribution in [1.29, 1.82) is 5.26 Å². The highest BCUT2D eigenvalue weighted by atomic mass is 16.5. The monoisotopic (exact) mass is 256 g/mol. The van der Waals surface area contributed by atoms with Gasteiger partial charge in [0.1, 0.15) is 6.07 Å². The van der Waals surface area contributed by atoms with Crippen LogP contribution in [0, 0.1) is 11.3 Å². The maximum Gasteiger partial charge on any atom is 0.170 e. The Bertz CT molecular complexity index is 622. The van der Waals surface area contributed by atoms with E-state index >= 15 is 0 Å². The fraction of sp³-hybridized carbons (Fsp3) is 0.429. The van der Waals surface area contributed by atoms with Crippen molar-refractivity contribution in [1.82, 2.24) is 10.2 Å². The Morgan fingerprint density at radius 3 is 2.95 bits per heavy atom. The van der Waals surface area contributed by atoms with Crippen molar-refractivity contribution in [2.45, 2.75) is 18.9 Å². The summed E-state index contributed by atoms with van der Waals surface area (Å²) in [5.41, 5.74) is 2.48. The van der Waals surface area contributed by atoms with Crippen molar-refractivity contribution in [2.75, 3.05) is 25.2 Å². The van der Waals surface area contributed by atoms with E-state index in [4.69, 9.17) is 10.00 Å². The van der Waals surface area contributed by atoms with Gasteiger partial charge in [-0.1, -0.05) is 0 Å². The largest absolute Gasteiger partial charge is 0.381 e. The summed E-state index contributed by atoms with van der Waals surface area (Å²) in [4.78, 5) is 2.27. The molecule has 5 heteroatoms. The number of aromatic amines is 1. The molecule has 19 heavy (non-hydrogen) atoms. The van der Waals surface area contributed by atoms with Crippen molar-refractivity contribution in [3.05, 3.63) is 23.9 Å². The second-order valence-corrected chi connectivity index (χ2v) is 4.87. The third kappa shape index (κ3) is 2.15. The first-order valence-corrected chi connectivity index (χ1v) is 6.48. The van der Waals surface area contributed by atoms with E-state index in [9.17, 15) is 0 Å². The number of fused-ring (bicyclic) bond motifs is 1. The number of benzene rings is 1. The zero-order valence-corrected chi connectivity index (χ0v) is 10.9. The van der Waals surface area contributed by atoms with Crippen molar-refractivity contribution in [3.8, 4) is 6.07 Å². The van der Waals surface area contributed by atoms with E-state index in [1.807, 2.05) is 12.1 Å². The zero-order valence-electron chi connectivity index (χ0n) is 10.9. The number of nitriles is 1. The standard InChI is InChI=1S/C14H16N4O/c1-18(10-4-6-19-7-5-10)11-2-3-13-12(8-11)14(9-15)17-16-13/h2-3,8,10H,4-7H2,1H3,(H,16,17). The van der Waals surface area contributed by atoms with Gasteiger partial charge in [0.2, 0.25) is 0 Å². The lowest BCUT2D eigenvalue weighted by atomic mass is 10.1. The van der Waals surface area contributed by atoms with Crippen molar-refractivity contribution in [2.24, 2.45) is 0 Å². The Labute approximate surface area is 111 Å². The van der Waals surface area contributed by atoms with E-state index in [1.54, 1.807) is 0 Å². The number of hydrogen-bond acceptors (Lipinski definition) is 4. The molecule has 3 rings (SSSR count). The number of H-pyrrole nitrogens is 1. The molecule has 2 aromatic rings. The van der Waals surface area contributed by atoms with Gasteiger partial charge in [0, 0.05) is 37.4 Å². The normalized spacial score (nSPS) is 16.4. The van der Waals surface area contributed by atoms with Crippen LogP contribution in [0.2, 0.25) is 0 Å². The zero-order chi connectivity index (χ0) is 13.2. The molecular weight excluding hydrogens is 240 g/mol. The Balaban J connectivity index is 1.93. The van der Waals surface area contributed by atoms with Crippen LogP contribution < -0.4 is 4.90 Å². The second kappa shape index (κ2) is 4.90. The van der Waals surface area contributed by atoms with Crippen LogP contribution in [0.15, 0.2) is 18.2 Å². The molecule has 1 aromatic carbocycles. The highest BCUT2D eigenvalue weighted by Gasteiger charge is 2.19. The molecule has 0 bridgehead atoms. The van der Waals surface area contributed by atoms with Crippen molar-refractivity contribution >= 4 is 16.6 Å². The van der Waals surface area contributed by atoms with E-state index in [-0.39, 0.29) is 0 Å². The third-order valence-corrected chi connectivity index (χ3v) is 3.80. The molecule has 0 unspecified atom stereocenters. The van der Waals surface area contributed by atoms with Crippen LogP contribution in [0.25, 0.3) is 10.9 Å². The minimum atomic E-state index is 0.456. The number of ether oxygens (including phenoxy) is 1. The fourth-order valence-electron chi connectivity index (χ4n) is 2.59. The van der Waals surface area contributed by atoms with Crippen LogP contribution in [0.1, 0.15) is 18.5 Å². The van der Waals surface area contributed by atoms with Gasteiger partial charge in [-0.15, -0.1) is 0 Å². The van der Waals surface area contributed by atoms with E-state index in [2.05, 4.69) is 34.3 Å². The summed E-state index contributed by atoms with van der Waals surface area (Å²) < 4.78 is 5.40. The lowest BCUT2D eigenvalue weighted by Gasteiger charge is -2.33. The summed E-state index contributed by atoms with van der Waals surface area (Å²) in [7, 11) is 2.10. The molecule has 0 amide bonds. The number of nitrogens with one attached hydrogen (secondary N) is 1. The van der Waals surface area contributed by atoms with Gasteiger partial charge in [0.05, 0.1) is 5.52 Å². The lowest BCUT2D eigenvalue weighted by Crippen LogP contribution is -2.36. The van der Waals surface area contributed by atoms with Gasteiger partial charge >= 0.3 is 0 Å². The van der Waals surface area contributed by atoms with E-state index < -0.39 is 0 Å². The van der Waals surface area contributed by atoms with Crippen molar-refractivity contribution < 1.29 is 4.74 Å². The van der Waals surface area contributed by atoms with E-state index in [1.165, 1.54) is 0 Å². The van der Waals surface area contributed by atoms with Crippen LogP contribution in [-0.2, 0) is 4.74 Å². The molecule has 1 aliphatic heterocycles. The van der Waals surface area contributed by atoms with Crippen LogP contribution in [0.5, 0.6) is 0 Å². The molecular formula is C14H16N4O. The predicted molar refractivity (Wildman–Crippen MR) is 73.1 cm³/mol. The minimum absolute atomic E-state index is 0.456. The van der Waals surface area contributed by atoms with Crippen molar-refractivity contribution in [3.63, 3.8) is 0 Å². The van der Waals surface area contributed by atoms with Gasteiger partial charge in [-0.2, -0.15) is 10.4 Å². The summed E-state index contributed by atoms with van der Waals surface area (Å²) in [6.07, 6.45) is 2.09. The molecule has 0 atom stereocenters. The lowest BCUT2D eigenvalue weighted by molar-refractivity contribution is 0.0855. The molecule has 1 N–H and O–H groups in total. The molecule has 1 fully saturated rings. The summed E-state index contributed by atoms with van der Waals surface area (Å²) in [6.45, 7) is 1.65. The molecule has 5 nitrogen and oxygen atoms in total. The third-order valence-electron chi connectivity index (χ3n) is 3.80. The maximum atomic E-state index is 9.04. The highest BCUT2D eigenvalue weighted by molar-refractivity contribution is 5.86. The van der Waals surface area contributed by atoms with Gasteiger partial charge < -0.3 is 9.64 Å². The SMILES string of the molecule is CN(c1ccc2[nH]nc(C#N)c2c1)C1CCOCC1. The van der Waals surface area contributed by atoms with E-state index in [0.717, 1.165) is 42.6 Å². The molecule has 0 aliphatic carbocycles. The summed E-state index contributed by atoms with van der Waals surface area (Å²) in [6, 6.07) is 8.70. The molecule has 1 aliphatic rings. The predicted octanol–water partition coefficient (Wildman–Crippen LogP) is 2.05. The van der Waals surface area contributed by atoms with Crippen LogP contribution in [0.3, 0.4) is 0 Å². The summed E-state index contributed by atoms with van der Waals surface area (Å²) in [5.74, 6) is 0. The highest BCUT2D eigenvalue weighted by Crippen LogP contribution is 2.26. The first kappa shape index (κ1) is 12.0. The Morgan fingerprint density at radius 2 is 2.21 bits per heavy atom. The molecule has 2 heterocycles. The number of rotatable bonds is 2. The Morgan fingerprint density at radius 1 is 1.42 bits per heavy atom. The van der Waals surface area contributed by atoms with Gasteiger partial charge in [-0.3, -0.25) is 5.10 Å². The Hall–Kier alpha value is -2.06. The molecule has 0 radical (unpaired) electrons. The van der Waals surface area contributed by atoms with Crippen LogP contribution >= 0.6 is 0 Å². The minimum Gasteiger partial charge on any atom is -0.381 e. The summed E-state index contributed by atoms with van der Waals surface area (Å²) >= 11 is 0. The summed E-state index contributed by atoms with van der Waals surface area (Å²) in [5, 5.41) is 16.8. The average Bonchev–Trinajstić information content (AvgIpc) is 2.89. The topological polar surface area (TPSA) is 64.9 Å². The number of hydrogen-bond donors (Lipinski definition) is 1. The molecule has 98 valence electrons. The Kier molecular flexibility index (Phi) is 3.10. The molecule has 1 saturated heterocycles. The van der Waals surface area contributed by atoms with Crippen LogP contribution in [-0.4, -0.2) is 36.5 Å². The molecule has 0 saturated carbocycles. The second-order valence-electron chi connectivity index (χ2n) is 4.87. The smallest absolute Gasteiger partial charge is 0.170 e. The van der Waals surface area contributed by atoms with Gasteiger partial charge in [-0.25, -0.2) is 0 Å². The first-order chi connectivity index (χ1) is 9.29. The van der Waals surface area contributed by atoms with Gasteiger partial charge in [-0.05, 0) is 31.0 Å². The van der Waals surface area contributed by atoms with Gasteiger partial charge in [0.25, 0.3) is 0 Å². The molecule has 0 spiro atoms. The molecule has 1 aromatic heterocycles. The van der Waals surface area contributed by atoms with Gasteiger partial charge in [0.15, 0.2) is 5.69 Å². The first-order valence-electron chi connectivity index (χ1n) is 6.48. The average molecular weight is 256 g/mol. The number of nitrogens with zero attached hydrogens (tertiary/aromatic N) is 3. The fourth-order valence-corrected chi connectivity index (χ4v) is 2.59. The van der Waals surface area contributed by atoms with Crippen LogP contribution in [0.4, 0.5) is 5.69 Å².